The number of rotatable bonds is 4. The summed E-state index contributed by atoms with van der Waals surface area (Å²) < 4.78 is 29.2. The van der Waals surface area contributed by atoms with E-state index in [1.165, 1.54) is 13.2 Å². The van der Waals surface area contributed by atoms with Crippen molar-refractivity contribution >= 4 is 6.16 Å². The normalized spacial score (nSPS) is 10.3. The maximum atomic E-state index is 14.0. The molecule has 0 fully saturated rings. The molecule has 0 heterocycles. The molecule has 23 heavy (non-hydrogen) atoms. The Morgan fingerprint density at radius 2 is 1.74 bits per heavy atom. The van der Waals surface area contributed by atoms with Crippen LogP contribution in [-0.4, -0.2) is 13.3 Å². The minimum Gasteiger partial charge on any atom is -0.486 e. The highest BCUT2D eigenvalue weighted by atomic mass is 19.1. The standard InChI is InChI=1S/C18H19FO4/c1-11-6-5-7-16(23-18(20)21-4)14(11)10-22-17-9-13(3)12(2)8-15(17)19/h5-9H,10H2,1-4H3. The summed E-state index contributed by atoms with van der Waals surface area (Å²) in [5.41, 5.74) is 3.34. The summed E-state index contributed by atoms with van der Waals surface area (Å²) in [6.45, 7) is 5.67. The lowest BCUT2D eigenvalue weighted by atomic mass is 10.1. The van der Waals surface area contributed by atoms with Crippen LogP contribution in [0.3, 0.4) is 0 Å². The van der Waals surface area contributed by atoms with Crippen LogP contribution in [0.1, 0.15) is 22.3 Å². The van der Waals surface area contributed by atoms with Crippen LogP contribution in [0.5, 0.6) is 11.5 Å². The Labute approximate surface area is 134 Å². The van der Waals surface area contributed by atoms with Crippen molar-refractivity contribution in [2.45, 2.75) is 27.4 Å². The number of hydrogen-bond donors (Lipinski definition) is 0. The first-order valence-electron chi connectivity index (χ1n) is 7.16. The topological polar surface area (TPSA) is 44.8 Å². The van der Waals surface area contributed by atoms with Gasteiger partial charge in [0.05, 0.1) is 7.11 Å². The third-order valence-electron chi connectivity index (χ3n) is 3.65. The lowest BCUT2D eigenvalue weighted by molar-refractivity contribution is 0.120. The number of benzene rings is 2. The fraction of sp³-hybridized carbons (Fsp3) is 0.278. The van der Waals surface area contributed by atoms with Gasteiger partial charge in [-0.3, -0.25) is 0 Å². The number of aryl methyl sites for hydroxylation is 3. The highest BCUT2D eigenvalue weighted by Gasteiger charge is 2.13. The predicted molar refractivity (Wildman–Crippen MR) is 84.4 cm³/mol. The Balaban J connectivity index is 2.23. The van der Waals surface area contributed by atoms with E-state index in [0.29, 0.717) is 11.3 Å². The van der Waals surface area contributed by atoms with E-state index in [2.05, 4.69) is 4.74 Å². The summed E-state index contributed by atoms with van der Waals surface area (Å²) in [4.78, 5) is 11.3. The summed E-state index contributed by atoms with van der Waals surface area (Å²) in [5, 5.41) is 0. The van der Waals surface area contributed by atoms with Gasteiger partial charge in [-0.05, 0) is 55.7 Å². The smallest absolute Gasteiger partial charge is 0.486 e. The Hall–Kier alpha value is -2.56. The van der Waals surface area contributed by atoms with Gasteiger partial charge in [-0.15, -0.1) is 0 Å². The van der Waals surface area contributed by atoms with E-state index < -0.39 is 12.0 Å². The van der Waals surface area contributed by atoms with Crippen molar-refractivity contribution in [1.82, 2.24) is 0 Å². The van der Waals surface area contributed by atoms with Crippen LogP contribution in [0.15, 0.2) is 30.3 Å². The first kappa shape index (κ1) is 16.8. The fourth-order valence-electron chi connectivity index (χ4n) is 2.10. The molecule has 0 amide bonds. The Bertz CT molecular complexity index is 725. The second-order valence-corrected chi connectivity index (χ2v) is 5.26. The molecule has 0 unspecified atom stereocenters. The van der Waals surface area contributed by atoms with E-state index in [4.69, 9.17) is 9.47 Å². The average molecular weight is 318 g/mol. The maximum Gasteiger partial charge on any atom is 0.513 e. The lowest BCUT2D eigenvalue weighted by Crippen LogP contribution is -2.11. The molecule has 0 radical (unpaired) electrons. The molecule has 0 aliphatic rings. The SMILES string of the molecule is COC(=O)Oc1cccc(C)c1COc1cc(C)c(C)cc1F. The van der Waals surface area contributed by atoms with Gasteiger partial charge in [-0.2, -0.15) is 0 Å². The fourth-order valence-corrected chi connectivity index (χ4v) is 2.10. The molecular formula is C18H19FO4. The van der Waals surface area contributed by atoms with Gasteiger partial charge in [0, 0.05) is 5.56 Å². The third kappa shape index (κ3) is 4.00. The van der Waals surface area contributed by atoms with Crippen LogP contribution in [0, 0.1) is 26.6 Å². The first-order chi connectivity index (χ1) is 10.9. The van der Waals surface area contributed by atoms with Crippen molar-refractivity contribution in [1.29, 1.82) is 0 Å². The van der Waals surface area contributed by atoms with Crippen molar-refractivity contribution in [3.05, 3.63) is 58.4 Å². The second kappa shape index (κ2) is 7.13. The minimum atomic E-state index is -0.811. The van der Waals surface area contributed by atoms with Crippen LogP contribution in [0.25, 0.3) is 0 Å². The average Bonchev–Trinajstić information content (AvgIpc) is 2.51. The highest BCUT2D eigenvalue weighted by molar-refractivity contribution is 5.64. The number of carbonyl (C=O) groups excluding carboxylic acids is 1. The molecule has 4 nitrogen and oxygen atoms in total. The minimum absolute atomic E-state index is 0.0818. The van der Waals surface area contributed by atoms with E-state index >= 15 is 0 Å². The first-order valence-corrected chi connectivity index (χ1v) is 7.16. The van der Waals surface area contributed by atoms with Crippen LogP contribution >= 0.6 is 0 Å². The molecule has 0 aromatic heterocycles. The van der Waals surface area contributed by atoms with E-state index in [0.717, 1.165) is 16.7 Å². The molecule has 0 saturated heterocycles. The molecule has 2 aromatic carbocycles. The number of methoxy groups -OCH3 is 1. The molecule has 122 valence electrons. The Kier molecular flexibility index (Phi) is 5.21. The summed E-state index contributed by atoms with van der Waals surface area (Å²) in [6, 6.07) is 8.35. The zero-order chi connectivity index (χ0) is 17.0. The van der Waals surface area contributed by atoms with Crippen LogP contribution in [0.2, 0.25) is 0 Å². The zero-order valence-electron chi connectivity index (χ0n) is 13.6. The van der Waals surface area contributed by atoms with Crippen LogP contribution in [-0.2, 0) is 11.3 Å². The van der Waals surface area contributed by atoms with Crippen molar-refractivity contribution in [3.63, 3.8) is 0 Å². The number of halogens is 1. The largest absolute Gasteiger partial charge is 0.513 e. The summed E-state index contributed by atoms with van der Waals surface area (Å²) in [5.74, 6) is 0.0820. The Morgan fingerprint density at radius 3 is 2.43 bits per heavy atom. The molecule has 2 rings (SSSR count). The van der Waals surface area contributed by atoms with Gasteiger partial charge in [0.1, 0.15) is 12.4 Å². The van der Waals surface area contributed by atoms with Gasteiger partial charge in [-0.1, -0.05) is 12.1 Å². The summed E-state index contributed by atoms with van der Waals surface area (Å²) in [6.07, 6.45) is -0.811. The second-order valence-electron chi connectivity index (χ2n) is 5.26. The van der Waals surface area contributed by atoms with Gasteiger partial charge in [-0.25, -0.2) is 9.18 Å². The van der Waals surface area contributed by atoms with E-state index in [1.807, 2.05) is 26.8 Å². The summed E-state index contributed by atoms with van der Waals surface area (Å²) in [7, 11) is 1.23. The van der Waals surface area contributed by atoms with Crippen LogP contribution in [0.4, 0.5) is 9.18 Å². The molecular weight excluding hydrogens is 299 g/mol. The van der Waals surface area contributed by atoms with Gasteiger partial charge < -0.3 is 14.2 Å². The molecule has 0 aliphatic heterocycles. The van der Waals surface area contributed by atoms with Crippen molar-refractivity contribution < 1.29 is 23.4 Å². The highest BCUT2D eigenvalue weighted by Crippen LogP contribution is 2.27. The molecule has 2 aromatic rings. The number of hydrogen-bond acceptors (Lipinski definition) is 4. The monoisotopic (exact) mass is 318 g/mol. The van der Waals surface area contributed by atoms with Gasteiger partial charge in [0.25, 0.3) is 0 Å². The molecule has 0 atom stereocenters. The summed E-state index contributed by atoms with van der Waals surface area (Å²) >= 11 is 0. The van der Waals surface area contributed by atoms with Gasteiger partial charge in [0.2, 0.25) is 0 Å². The van der Waals surface area contributed by atoms with Crippen molar-refractivity contribution in [2.75, 3.05) is 7.11 Å². The zero-order valence-corrected chi connectivity index (χ0v) is 13.6. The molecule has 0 spiro atoms. The number of ether oxygens (including phenoxy) is 3. The molecule has 0 N–H and O–H groups in total. The molecule has 0 aliphatic carbocycles. The van der Waals surface area contributed by atoms with Crippen LogP contribution < -0.4 is 9.47 Å². The molecule has 5 heteroatoms. The lowest BCUT2D eigenvalue weighted by Gasteiger charge is -2.14. The van der Waals surface area contributed by atoms with E-state index in [9.17, 15) is 9.18 Å². The molecule has 0 saturated carbocycles. The van der Waals surface area contributed by atoms with E-state index in [1.54, 1.807) is 18.2 Å². The quantitative estimate of drug-likeness (QED) is 0.616. The van der Waals surface area contributed by atoms with E-state index in [-0.39, 0.29) is 12.4 Å². The predicted octanol–water partition coefficient (Wildman–Crippen LogP) is 4.48. The Morgan fingerprint density at radius 1 is 1.04 bits per heavy atom. The van der Waals surface area contributed by atoms with Gasteiger partial charge >= 0.3 is 6.16 Å². The van der Waals surface area contributed by atoms with Gasteiger partial charge in [0.15, 0.2) is 11.6 Å². The molecule has 0 bridgehead atoms. The third-order valence-corrected chi connectivity index (χ3v) is 3.65. The van der Waals surface area contributed by atoms with Crippen molar-refractivity contribution in [3.8, 4) is 11.5 Å². The number of carbonyl (C=O) groups is 1. The van der Waals surface area contributed by atoms with Crippen molar-refractivity contribution in [2.24, 2.45) is 0 Å². The maximum absolute atomic E-state index is 14.0.